The zero-order valence-electron chi connectivity index (χ0n) is 14.6. The van der Waals surface area contributed by atoms with Crippen molar-refractivity contribution >= 4 is 0 Å². The van der Waals surface area contributed by atoms with Crippen molar-refractivity contribution < 1.29 is 4.74 Å². The first kappa shape index (κ1) is 18.0. The lowest BCUT2D eigenvalue weighted by Gasteiger charge is -2.28. The minimum absolute atomic E-state index is 0.635. The molecule has 0 N–H and O–H groups in total. The zero-order chi connectivity index (χ0) is 15.7. The van der Waals surface area contributed by atoms with Crippen LogP contribution < -0.4 is 4.74 Å². The molecule has 1 atom stereocenters. The van der Waals surface area contributed by atoms with E-state index in [0.717, 1.165) is 25.3 Å². The van der Waals surface area contributed by atoms with Gasteiger partial charge < -0.3 is 4.74 Å². The number of ether oxygens (including phenoxy) is 1. The highest BCUT2D eigenvalue weighted by Crippen LogP contribution is 2.24. The monoisotopic (exact) mass is 291 g/mol. The van der Waals surface area contributed by atoms with Crippen LogP contribution in [0.1, 0.15) is 58.6 Å². The minimum Gasteiger partial charge on any atom is -0.493 e. The lowest BCUT2D eigenvalue weighted by molar-refractivity contribution is 0.248. The van der Waals surface area contributed by atoms with E-state index < -0.39 is 0 Å². The Morgan fingerprint density at radius 3 is 2.62 bits per heavy atom. The van der Waals surface area contributed by atoms with Crippen molar-refractivity contribution in [1.29, 1.82) is 0 Å². The first-order valence-corrected chi connectivity index (χ1v) is 8.69. The molecule has 120 valence electrons. The molecular weight excluding hydrogens is 258 g/mol. The Kier molecular flexibility index (Phi) is 8.44. The van der Waals surface area contributed by atoms with Gasteiger partial charge in [0.2, 0.25) is 0 Å². The molecule has 1 aliphatic rings. The number of rotatable bonds is 6. The summed E-state index contributed by atoms with van der Waals surface area (Å²) in [6.07, 6.45) is 3.58. The molecule has 0 saturated carbocycles. The lowest BCUT2D eigenvalue weighted by atomic mass is 9.99. The fraction of sp³-hybridized carbons (Fsp3) is 0.684. The van der Waals surface area contributed by atoms with Crippen molar-refractivity contribution in [3.63, 3.8) is 0 Å². The second kappa shape index (κ2) is 9.83. The second-order valence-electron chi connectivity index (χ2n) is 5.78. The molecule has 0 fully saturated rings. The molecule has 1 heterocycles. The zero-order valence-corrected chi connectivity index (χ0v) is 14.6. The van der Waals surface area contributed by atoms with Crippen LogP contribution in [-0.2, 0) is 13.0 Å². The van der Waals surface area contributed by atoms with Gasteiger partial charge in [-0.2, -0.15) is 0 Å². The molecule has 1 aromatic carbocycles. The molecule has 1 aliphatic heterocycles. The van der Waals surface area contributed by atoms with Crippen LogP contribution in [0, 0.1) is 5.92 Å². The maximum atomic E-state index is 5.89. The van der Waals surface area contributed by atoms with Gasteiger partial charge in [0.25, 0.3) is 0 Å². The van der Waals surface area contributed by atoms with Crippen LogP contribution in [0.3, 0.4) is 0 Å². The Hall–Kier alpha value is -1.02. The molecule has 1 aromatic rings. The molecule has 2 rings (SSSR count). The van der Waals surface area contributed by atoms with Crippen LogP contribution in [0.2, 0.25) is 0 Å². The summed E-state index contributed by atoms with van der Waals surface area (Å²) in [6.45, 7) is 15.0. The number of hydrogen-bond acceptors (Lipinski definition) is 2. The summed E-state index contributed by atoms with van der Waals surface area (Å²) in [7, 11) is 0. The summed E-state index contributed by atoms with van der Waals surface area (Å²) in [5.41, 5.74) is 2.96. The Balaban J connectivity index is 0.00000106. The standard InChI is InChI=1S/C17H27NO.C2H6/c1-4-9-18-10-8-15-11-17(7-6-16(15)12-18)19-13-14(3)5-2;1-2/h6-7,11,14H,4-5,8-10,12-13H2,1-3H3;1-2H3/t14-;/m0./s1. The molecule has 0 amide bonds. The average molecular weight is 291 g/mol. The van der Waals surface area contributed by atoms with Crippen molar-refractivity contribution in [3.05, 3.63) is 29.3 Å². The highest BCUT2D eigenvalue weighted by Gasteiger charge is 2.16. The van der Waals surface area contributed by atoms with Gasteiger partial charge in [-0.05, 0) is 48.6 Å². The first-order chi connectivity index (χ1) is 10.2. The molecule has 0 bridgehead atoms. The summed E-state index contributed by atoms with van der Waals surface area (Å²) in [4.78, 5) is 2.54. The summed E-state index contributed by atoms with van der Waals surface area (Å²) in [5.74, 6) is 1.68. The lowest BCUT2D eigenvalue weighted by Crippen LogP contribution is -2.31. The average Bonchev–Trinajstić information content (AvgIpc) is 2.54. The summed E-state index contributed by atoms with van der Waals surface area (Å²) in [5, 5.41) is 0. The van der Waals surface area contributed by atoms with Gasteiger partial charge in [-0.25, -0.2) is 0 Å². The van der Waals surface area contributed by atoms with E-state index in [0.29, 0.717) is 5.92 Å². The van der Waals surface area contributed by atoms with Gasteiger partial charge in [0.05, 0.1) is 6.61 Å². The fourth-order valence-corrected chi connectivity index (χ4v) is 2.54. The molecule has 0 aromatic heterocycles. The van der Waals surface area contributed by atoms with Gasteiger partial charge >= 0.3 is 0 Å². The van der Waals surface area contributed by atoms with E-state index in [2.05, 4.69) is 43.9 Å². The van der Waals surface area contributed by atoms with Gasteiger partial charge in [0, 0.05) is 13.1 Å². The predicted molar refractivity (Wildman–Crippen MR) is 92.0 cm³/mol. The van der Waals surface area contributed by atoms with Gasteiger partial charge in [-0.1, -0.05) is 47.1 Å². The molecule has 0 aliphatic carbocycles. The van der Waals surface area contributed by atoms with E-state index in [1.165, 1.54) is 37.1 Å². The molecular formula is C19H33NO. The van der Waals surface area contributed by atoms with Gasteiger partial charge in [-0.15, -0.1) is 0 Å². The van der Waals surface area contributed by atoms with Crippen LogP contribution in [0.25, 0.3) is 0 Å². The quantitative estimate of drug-likeness (QED) is 0.738. The molecule has 0 saturated heterocycles. The SMILES string of the molecule is CC.CCCN1CCc2cc(OC[C@@H](C)CC)ccc2C1. The summed E-state index contributed by atoms with van der Waals surface area (Å²) < 4.78 is 5.89. The molecule has 0 radical (unpaired) electrons. The highest BCUT2D eigenvalue weighted by molar-refractivity contribution is 5.37. The molecule has 0 spiro atoms. The van der Waals surface area contributed by atoms with Crippen molar-refractivity contribution in [1.82, 2.24) is 4.90 Å². The van der Waals surface area contributed by atoms with Crippen LogP contribution >= 0.6 is 0 Å². The van der Waals surface area contributed by atoms with E-state index in [-0.39, 0.29) is 0 Å². The molecule has 21 heavy (non-hydrogen) atoms. The maximum Gasteiger partial charge on any atom is 0.119 e. The highest BCUT2D eigenvalue weighted by atomic mass is 16.5. The smallest absolute Gasteiger partial charge is 0.119 e. The Bertz CT molecular complexity index is 403. The normalized spacial score (nSPS) is 15.7. The van der Waals surface area contributed by atoms with Gasteiger partial charge in [-0.3, -0.25) is 4.90 Å². The van der Waals surface area contributed by atoms with E-state index in [1.54, 1.807) is 0 Å². The number of fused-ring (bicyclic) bond motifs is 1. The number of nitrogens with zero attached hydrogens (tertiary/aromatic N) is 1. The summed E-state index contributed by atoms with van der Waals surface area (Å²) in [6, 6.07) is 6.64. The third-order valence-electron chi connectivity index (χ3n) is 4.04. The second-order valence-corrected chi connectivity index (χ2v) is 5.78. The van der Waals surface area contributed by atoms with Crippen LogP contribution in [0.4, 0.5) is 0 Å². The third-order valence-corrected chi connectivity index (χ3v) is 4.04. The van der Waals surface area contributed by atoms with Crippen molar-refractivity contribution in [3.8, 4) is 5.75 Å². The Morgan fingerprint density at radius 1 is 1.19 bits per heavy atom. The molecule has 2 heteroatoms. The van der Waals surface area contributed by atoms with E-state index in [4.69, 9.17) is 4.74 Å². The summed E-state index contributed by atoms with van der Waals surface area (Å²) >= 11 is 0. The Labute approximate surface area is 131 Å². The van der Waals surface area contributed by atoms with Crippen LogP contribution in [0.5, 0.6) is 5.75 Å². The maximum absolute atomic E-state index is 5.89. The fourth-order valence-electron chi connectivity index (χ4n) is 2.54. The van der Waals surface area contributed by atoms with Crippen molar-refractivity contribution in [2.24, 2.45) is 5.92 Å². The minimum atomic E-state index is 0.635. The third kappa shape index (κ3) is 5.70. The predicted octanol–water partition coefficient (Wildman–Crippen LogP) is 4.91. The Morgan fingerprint density at radius 2 is 1.95 bits per heavy atom. The topological polar surface area (TPSA) is 12.5 Å². The van der Waals surface area contributed by atoms with Crippen molar-refractivity contribution in [2.45, 2.75) is 60.4 Å². The largest absolute Gasteiger partial charge is 0.493 e. The van der Waals surface area contributed by atoms with E-state index in [9.17, 15) is 0 Å². The van der Waals surface area contributed by atoms with E-state index in [1.807, 2.05) is 13.8 Å². The van der Waals surface area contributed by atoms with Gasteiger partial charge in [0.1, 0.15) is 5.75 Å². The first-order valence-electron chi connectivity index (χ1n) is 8.69. The van der Waals surface area contributed by atoms with E-state index >= 15 is 0 Å². The van der Waals surface area contributed by atoms with Crippen molar-refractivity contribution in [2.75, 3.05) is 19.7 Å². The number of benzene rings is 1. The molecule has 2 nitrogen and oxygen atoms in total. The number of hydrogen-bond donors (Lipinski definition) is 0. The van der Waals surface area contributed by atoms with Crippen LogP contribution in [-0.4, -0.2) is 24.6 Å². The van der Waals surface area contributed by atoms with Crippen LogP contribution in [0.15, 0.2) is 18.2 Å². The molecule has 0 unspecified atom stereocenters. The van der Waals surface area contributed by atoms with Gasteiger partial charge in [0.15, 0.2) is 0 Å².